The number of nitrogens with one attached hydrogen (secondary N) is 2. The third-order valence-electron chi connectivity index (χ3n) is 15.9. The first-order valence-electron chi connectivity index (χ1n) is 22.9. The van der Waals surface area contributed by atoms with Gasteiger partial charge in [0.1, 0.15) is 17.0 Å². The Morgan fingerprint density at radius 2 is 1.75 bits per heavy atom. The van der Waals surface area contributed by atoms with Crippen molar-refractivity contribution in [3.63, 3.8) is 0 Å². The predicted molar refractivity (Wildman–Crippen MR) is 232 cm³/mol. The number of ether oxygens (including phenoxy) is 2. The van der Waals surface area contributed by atoms with Gasteiger partial charge in [0, 0.05) is 41.1 Å². The topological polar surface area (TPSA) is 110 Å². The van der Waals surface area contributed by atoms with E-state index in [1.54, 1.807) is 0 Å². The van der Waals surface area contributed by atoms with Crippen molar-refractivity contribution in [2.24, 2.45) is 35.0 Å². The molecule has 9 heteroatoms. The number of carboxylic acid groups (broad SMARTS) is 1. The summed E-state index contributed by atoms with van der Waals surface area (Å²) >= 11 is 6.33. The molecule has 3 N–H and O–H groups in total. The lowest BCUT2D eigenvalue weighted by atomic mass is 9.49. The number of carbonyl (C=O) groups excluding carboxylic acids is 1. The van der Waals surface area contributed by atoms with Gasteiger partial charge in [0.25, 0.3) is 0 Å². The quantitative estimate of drug-likeness (QED) is 0.131. The van der Waals surface area contributed by atoms with Crippen LogP contribution in [0.4, 0.5) is 5.69 Å². The second-order valence-electron chi connectivity index (χ2n) is 20.2. The maximum absolute atomic E-state index is 13.1. The van der Waals surface area contributed by atoms with E-state index >= 15 is 0 Å². The first-order valence-corrected chi connectivity index (χ1v) is 23.3. The normalized spacial score (nSPS) is 31.9. The zero-order chi connectivity index (χ0) is 40.8. The van der Waals surface area contributed by atoms with Gasteiger partial charge in [-0.15, -0.1) is 0 Å². The van der Waals surface area contributed by atoms with E-state index in [0.717, 1.165) is 73.6 Å². The van der Waals surface area contributed by atoms with Crippen LogP contribution >= 0.6 is 11.6 Å². The number of amides is 1. The van der Waals surface area contributed by atoms with Crippen molar-refractivity contribution in [3.05, 3.63) is 82.1 Å². The molecular formula is C50H64ClN3O5. The van der Waals surface area contributed by atoms with Crippen molar-refractivity contribution in [3.8, 4) is 11.5 Å². The molecule has 0 unspecified atom stereocenters. The molecule has 5 saturated carbocycles. The van der Waals surface area contributed by atoms with E-state index in [9.17, 15) is 14.7 Å². The van der Waals surface area contributed by atoms with E-state index in [1.807, 2.05) is 36.5 Å². The molecule has 1 aromatic heterocycles. The number of benzene rings is 2. The molecule has 3 atom stereocenters. The van der Waals surface area contributed by atoms with Gasteiger partial charge in [-0.1, -0.05) is 37.6 Å². The van der Waals surface area contributed by atoms with Crippen LogP contribution in [0.1, 0.15) is 138 Å². The van der Waals surface area contributed by atoms with Gasteiger partial charge in [-0.05, 0) is 197 Å². The molecule has 0 radical (unpaired) electrons. The lowest BCUT2D eigenvalue weighted by molar-refractivity contribution is -0.144. The molecule has 10 rings (SSSR count). The zero-order valence-electron chi connectivity index (χ0n) is 35.2. The number of anilines is 1. The largest absolute Gasteiger partial charge is 0.494 e. The summed E-state index contributed by atoms with van der Waals surface area (Å²) in [5.41, 5.74) is 4.92. The highest BCUT2D eigenvalue weighted by Gasteiger charge is 2.54. The van der Waals surface area contributed by atoms with Gasteiger partial charge in [0.05, 0.1) is 13.2 Å². The summed E-state index contributed by atoms with van der Waals surface area (Å²) in [6.45, 7) is 6.54. The van der Waals surface area contributed by atoms with Crippen LogP contribution in [0.5, 0.6) is 11.5 Å². The highest BCUT2D eigenvalue weighted by molar-refractivity contribution is 6.30. The Hall–Kier alpha value is -3.78. The summed E-state index contributed by atoms with van der Waals surface area (Å²) in [6, 6.07) is 16.0. The molecule has 3 aromatic rings. The highest BCUT2D eigenvalue weighted by atomic mass is 35.5. The SMILES string of the molecule is C[C@@H](COc1ccnc2c1[C@H](C)CCC2)C[C@H]1Cc2ccc(OCCCC(=O)NCC34CC5CC(CC(C5)C3)C4)cc2C12CCC(Nc1cccc(Cl)c1)(C(=O)O)CC2. The molecule has 2 aromatic carbocycles. The maximum atomic E-state index is 13.1. The lowest BCUT2D eigenvalue weighted by Gasteiger charge is -2.56. The number of halogens is 1. The number of hydrogen-bond acceptors (Lipinski definition) is 6. The fourth-order valence-corrected chi connectivity index (χ4v) is 13.7. The third-order valence-corrected chi connectivity index (χ3v) is 16.1. The van der Waals surface area contributed by atoms with Gasteiger partial charge in [-0.3, -0.25) is 9.78 Å². The first-order chi connectivity index (χ1) is 28.5. The number of aromatic nitrogens is 1. The molecular weight excluding hydrogens is 758 g/mol. The molecule has 8 nitrogen and oxygen atoms in total. The predicted octanol–water partition coefficient (Wildman–Crippen LogP) is 10.7. The number of carbonyl (C=O) groups is 2. The van der Waals surface area contributed by atoms with Gasteiger partial charge < -0.3 is 25.2 Å². The van der Waals surface area contributed by atoms with Crippen molar-refractivity contribution >= 4 is 29.2 Å². The monoisotopic (exact) mass is 821 g/mol. The first kappa shape index (κ1) is 40.6. The number of aryl methyl sites for hydroxylation is 1. The number of aliphatic carboxylic acids is 1. The highest BCUT2D eigenvalue weighted by Crippen LogP contribution is 2.60. The van der Waals surface area contributed by atoms with E-state index in [0.29, 0.717) is 67.1 Å². The summed E-state index contributed by atoms with van der Waals surface area (Å²) in [5.74, 6) is 4.89. The average molecular weight is 823 g/mol. The van der Waals surface area contributed by atoms with Crippen molar-refractivity contribution in [2.45, 2.75) is 140 Å². The molecule has 1 spiro atoms. The number of rotatable bonds is 15. The molecule has 0 saturated heterocycles. The standard InChI is InChI=1S/C50H64ClN3O5/c1-32(30-59-44-13-18-52-43-9-3-6-33(2)46(43)44)20-38-24-37-11-12-41(58-19-5-10-45(55)53-31-48-27-34-21-35(28-48)23-36(22-34)29-48)26-42(37)49(38)14-16-50(17-15-49,47(56)57)54-40-8-4-7-39(51)25-40/h4,7-8,11-13,18,25-26,32-36,38,54H,3,5-6,9-10,14-17,19-24,27-31H2,1-2H3,(H,53,55)(H,56,57)/t32-,33-,34?,35?,36?,38+,48?,49?,50?/m1/s1. The van der Waals surface area contributed by atoms with Crippen molar-refractivity contribution in [1.82, 2.24) is 10.3 Å². The van der Waals surface area contributed by atoms with Crippen LogP contribution in [0, 0.1) is 35.0 Å². The minimum atomic E-state index is -1.08. The molecule has 1 amide bonds. The molecule has 1 heterocycles. The second kappa shape index (κ2) is 16.6. The third kappa shape index (κ3) is 8.33. The summed E-state index contributed by atoms with van der Waals surface area (Å²) in [7, 11) is 0. The lowest BCUT2D eigenvalue weighted by Crippen LogP contribution is -2.53. The Balaban J connectivity index is 0.867. The number of carboxylic acids is 1. The Kier molecular flexibility index (Phi) is 11.4. The van der Waals surface area contributed by atoms with Crippen molar-refractivity contribution < 1.29 is 24.2 Å². The molecule has 4 bridgehead atoms. The van der Waals surface area contributed by atoms with Crippen LogP contribution in [-0.4, -0.2) is 47.3 Å². The van der Waals surface area contributed by atoms with Gasteiger partial charge in [-0.2, -0.15) is 0 Å². The molecule has 7 aliphatic rings. The van der Waals surface area contributed by atoms with Crippen LogP contribution in [0.15, 0.2) is 54.7 Å². The van der Waals surface area contributed by atoms with Crippen LogP contribution in [0.2, 0.25) is 5.02 Å². The van der Waals surface area contributed by atoms with E-state index in [-0.39, 0.29) is 11.3 Å². The van der Waals surface area contributed by atoms with Crippen LogP contribution < -0.4 is 20.1 Å². The molecule has 59 heavy (non-hydrogen) atoms. The molecule has 5 fully saturated rings. The van der Waals surface area contributed by atoms with E-state index in [4.69, 9.17) is 21.1 Å². The summed E-state index contributed by atoms with van der Waals surface area (Å²) in [5, 5.41) is 18.1. The van der Waals surface area contributed by atoms with Crippen molar-refractivity contribution in [1.29, 1.82) is 0 Å². The van der Waals surface area contributed by atoms with Crippen LogP contribution in [0.3, 0.4) is 0 Å². The number of fused-ring (bicyclic) bond motifs is 3. The minimum absolute atomic E-state index is 0.145. The molecule has 0 aliphatic heterocycles. The minimum Gasteiger partial charge on any atom is -0.494 e. The van der Waals surface area contributed by atoms with Gasteiger partial charge in [-0.25, -0.2) is 4.79 Å². The fraction of sp³-hybridized carbons (Fsp3) is 0.620. The second-order valence-corrected chi connectivity index (χ2v) is 20.6. The van der Waals surface area contributed by atoms with Gasteiger partial charge >= 0.3 is 5.97 Å². The summed E-state index contributed by atoms with van der Waals surface area (Å²) in [4.78, 5) is 30.8. The van der Waals surface area contributed by atoms with Crippen LogP contribution in [-0.2, 0) is 27.8 Å². The Labute approximate surface area is 356 Å². The summed E-state index contributed by atoms with van der Waals surface area (Å²) < 4.78 is 13.0. The van der Waals surface area contributed by atoms with E-state index < -0.39 is 11.5 Å². The average Bonchev–Trinajstić information content (AvgIpc) is 3.49. The Morgan fingerprint density at radius 1 is 0.983 bits per heavy atom. The Morgan fingerprint density at radius 3 is 2.47 bits per heavy atom. The fourth-order valence-electron chi connectivity index (χ4n) is 13.5. The number of pyridine rings is 1. The van der Waals surface area contributed by atoms with Crippen LogP contribution in [0.25, 0.3) is 0 Å². The number of nitrogens with zero attached hydrogens (tertiary/aromatic N) is 1. The smallest absolute Gasteiger partial charge is 0.329 e. The maximum Gasteiger partial charge on any atom is 0.329 e. The van der Waals surface area contributed by atoms with Gasteiger partial charge in [0.15, 0.2) is 0 Å². The summed E-state index contributed by atoms with van der Waals surface area (Å²) in [6.07, 6.45) is 19.0. The molecule has 316 valence electrons. The van der Waals surface area contributed by atoms with Crippen molar-refractivity contribution in [2.75, 3.05) is 25.1 Å². The van der Waals surface area contributed by atoms with E-state index in [2.05, 4.69) is 47.7 Å². The van der Waals surface area contributed by atoms with Gasteiger partial charge in [0.2, 0.25) is 5.91 Å². The zero-order valence-corrected chi connectivity index (χ0v) is 36.0. The molecule has 7 aliphatic carbocycles. The van der Waals surface area contributed by atoms with E-state index in [1.165, 1.54) is 73.8 Å². The Bertz CT molecular complexity index is 1990. The number of hydrogen-bond donors (Lipinski definition) is 3.